The molecule has 0 spiro atoms. The van der Waals surface area contributed by atoms with Crippen LogP contribution in [0.15, 0.2) is 64.3 Å². The zero-order valence-corrected chi connectivity index (χ0v) is 19.9. The first-order valence-corrected chi connectivity index (χ1v) is 12.1. The number of Topliss-reactive ketones (excluding diaryl/α,β-unsaturated/α-hetero) is 1. The predicted octanol–water partition coefficient (Wildman–Crippen LogP) is 5.13. The van der Waals surface area contributed by atoms with Crippen molar-refractivity contribution in [2.24, 2.45) is 0 Å². The molecule has 0 amide bonds. The van der Waals surface area contributed by atoms with Gasteiger partial charge in [0.25, 0.3) is 0 Å². The molecule has 0 fully saturated rings. The van der Waals surface area contributed by atoms with E-state index in [1.54, 1.807) is 11.3 Å². The highest BCUT2D eigenvalue weighted by Crippen LogP contribution is 2.46. The van der Waals surface area contributed by atoms with Crippen molar-refractivity contribution in [3.63, 3.8) is 0 Å². The third-order valence-corrected chi connectivity index (χ3v) is 7.57. The van der Waals surface area contributed by atoms with Gasteiger partial charge in [-0.05, 0) is 56.3 Å². The van der Waals surface area contributed by atoms with Crippen LogP contribution in [0.25, 0.3) is 0 Å². The fraction of sp³-hybridized carbons (Fsp3) is 0.385. The second kappa shape index (κ2) is 9.33. The second-order valence-corrected chi connectivity index (χ2v) is 9.27. The van der Waals surface area contributed by atoms with E-state index in [0.29, 0.717) is 17.6 Å². The number of allylic oxidation sites excluding steroid dienone is 3. The van der Waals surface area contributed by atoms with Gasteiger partial charge in [-0.15, -0.1) is 11.3 Å². The number of carbonyl (C=O) groups is 2. The molecule has 32 heavy (non-hydrogen) atoms. The van der Waals surface area contributed by atoms with E-state index < -0.39 is 11.9 Å². The van der Waals surface area contributed by atoms with Gasteiger partial charge in [-0.2, -0.15) is 0 Å². The Morgan fingerprint density at radius 2 is 1.88 bits per heavy atom. The number of methoxy groups -OCH3 is 1. The summed E-state index contributed by atoms with van der Waals surface area (Å²) in [5.41, 5.74) is 4.99. The van der Waals surface area contributed by atoms with E-state index in [1.807, 2.05) is 25.1 Å². The molecule has 4 rings (SSSR count). The number of benzene rings is 1. The Kier molecular flexibility index (Phi) is 6.51. The third kappa shape index (κ3) is 3.99. The zero-order chi connectivity index (χ0) is 22.8. The van der Waals surface area contributed by atoms with E-state index in [4.69, 9.17) is 4.74 Å². The largest absolute Gasteiger partial charge is 0.466 e. The van der Waals surface area contributed by atoms with Crippen molar-refractivity contribution in [2.75, 3.05) is 25.1 Å². The maximum atomic E-state index is 13.5. The number of ketones is 1. The Hall–Kier alpha value is -2.86. The summed E-state index contributed by atoms with van der Waals surface area (Å²) in [5, 5.41) is 5.44. The summed E-state index contributed by atoms with van der Waals surface area (Å²) < 4.78 is 5.13. The van der Waals surface area contributed by atoms with Crippen molar-refractivity contribution < 1.29 is 14.3 Å². The summed E-state index contributed by atoms with van der Waals surface area (Å²) in [6.45, 7) is 8.01. The molecule has 1 aliphatic heterocycles. The first-order valence-electron chi connectivity index (χ1n) is 11.2. The molecule has 2 aliphatic rings. The van der Waals surface area contributed by atoms with E-state index in [-0.39, 0.29) is 11.7 Å². The third-order valence-electron chi connectivity index (χ3n) is 6.53. The topological polar surface area (TPSA) is 58.6 Å². The highest BCUT2D eigenvalue weighted by atomic mass is 32.1. The average molecular weight is 451 g/mol. The second-order valence-electron chi connectivity index (χ2n) is 8.29. The van der Waals surface area contributed by atoms with E-state index in [2.05, 4.69) is 47.6 Å². The standard InChI is InChI=1S/C26H30N2O3S/c1-5-28(6-2)19-11-9-17(10-12-19)24-23(26(30)31-4)16(3)27-20-14-18(15-21(29)25(20)24)22-8-7-13-32-22/h7-13,18,24,27H,5-6,14-15H2,1-4H3/t18-,24+/m0/s1. The normalized spacial score (nSPS) is 20.7. The number of hydrogen-bond acceptors (Lipinski definition) is 6. The molecule has 0 saturated heterocycles. The summed E-state index contributed by atoms with van der Waals surface area (Å²) in [4.78, 5) is 29.8. The van der Waals surface area contributed by atoms with Gasteiger partial charge < -0.3 is 15.0 Å². The van der Waals surface area contributed by atoms with Crippen LogP contribution in [0.4, 0.5) is 5.69 Å². The Morgan fingerprint density at radius 1 is 1.16 bits per heavy atom. The number of nitrogens with zero attached hydrogens (tertiary/aromatic N) is 1. The van der Waals surface area contributed by atoms with Crippen molar-refractivity contribution in [1.29, 1.82) is 0 Å². The van der Waals surface area contributed by atoms with Crippen LogP contribution in [0.2, 0.25) is 0 Å². The summed E-state index contributed by atoms with van der Waals surface area (Å²) in [6, 6.07) is 12.4. The molecule has 2 atom stereocenters. The van der Waals surface area contributed by atoms with Crippen LogP contribution in [-0.4, -0.2) is 32.0 Å². The van der Waals surface area contributed by atoms with Gasteiger partial charge in [0.05, 0.1) is 12.7 Å². The molecule has 0 bridgehead atoms. The maximum absolute atomic E-state index is 13.5. The smallest absolute Gasteiger partial charge is 0.336 e. The van der Waals surface area contributed by atoms with Gasteiger partial charge in [0.2, 0.25) is 0 Å². The van der Waals surface area contributed by atoms with Gasteiger partial charge in [0.1, 0.15) is 0 Å². The van der Waals surface area contributed by atoms with Gasteiger partial charge >= 0.3 is 5.97 Å². The highest BCUT2D eigenvalue weighted by Gasteiger charge is 2.41. The van der Waals surface area contributed by atoms with E-state index in [0.717, 1.165) is 42.2 Å². The number of carbonyl (C=O) groups excluding carboxylic acids is 2. The van der Waals surface area contributed by atoms with E-state index >= 15 is 0 Å². The van der Waals surface area contributed by atoms with Crippen molar-refractivity contribution >= 4 is 28.8 Å². The van der Waals surface area contributed by atoms with E-state index in [1.165, 1.54) is 12.0 Å². The summed E-state index contributed by atoms with van der Waals surface area (Å²) in [7, 11) is 1.39. The number of rotatable bonds is 6. The average Bonchev–Trinajstić information content (AvgIpc) is 3.34. The molecule has 0 unspecified atom stereocenters. The first kappa shape index (κ1) is 22.3. The molecule has 0 saturated carbocycles. The maximum Gasteiger partial charge on any atom is 0.336 e. The molecular weight excluding hydrogens is 420 g/mol. The van der Waals surface area contributed by atoms with Crippen molar-refractivity contribution in [3.8, 4) is 0 Å². The number of nitrogens with one attached hydrogen (secondary N) is 1. The number of ether oxygens (including phenoxy) is 1. The van der Waals surface area contributed by atoms with Crippen LogP contribution in [-0.2, 0) is 14.3 Å². The van der Waals surface area contributed by atoms with Gasteiger partial charge in [0.15, 0.2) is 5.78 Å². The lowest BCUT2D eigenvalue weighted by molar-refractivity contribution is -0.136. The van der Waals surface area contributed by atoms with Gasteiger partial charge in [0, 0.05) is 58.9 Å². The lowest BCUT2D eigenvalue weighted by Gasteiger charge is -2.36. The summed E-state index contributed by atoms with van der Waals surface area (Å²) in [5.74, 6) is -0.537. The summed E-state index contributed by atoms with van der Waals surface area (Å²) in [6.07, 6.45) is 1.23. The van der Waals surface area contributed by atoms with Crippen LogP contribution in [0.1, 0.15) is 55.9 Å². The molecule has 168 valence electrons. The van der Waals surface area contributed by atoms with Crippen LogP contribution in [0.5, 0.6) is 0 Å². The summed E-state index contributed by atoms with van der Waals surface area (Å²) >= 11 is 1.69. The minimum absolute atomic E-state index is 0.101. The molecule has 6 heteroatoms. The molecular formula is C26H30N2O3S. The number of thiophene rings is 1. The molecule has 1 aromatic heterocycles. The van der Waals surface area contributed by atoms with Crippen molar-refractivity contribution in [1.82, 2.24) is 5.32 Å². The Balaban J connectivity index is 1.78. The molecule has 1 aliphatic carbocycles. The first-order chi connectivity index (χ1) is 15.5. The van der Waals surface area contributed by atoms with Crippen LogP contribution in [0, 0.1) is 0 Å². The molecule has 2 aromatic rings. The van der Waals surface area contributed by atoms with Crippen LogP contribution < -0.4 is 10.2 Å². The van der Waals surface area contributed by atoms with Crippen molar-refractivity contribution in [2.45, 2.75) is 45.4 Å². The van der Waals surface area contributed by atoms with E-state index in [9.17, 15) is 9.59 Å². The fourth-order valence-corrected chi connectivity index (χ4v) is 5.77. The fourth-order valence-electron chi connectivity index (χ4n) is 4.94. The minimum atomic E-state index is -0.416. The number of esters is 1. The lowest BCUT2D eigenvalue weighted by Crippen LogP contribution is -2.35. The lowest BCUT2D eigenvalue weighted by atomic mass is 9.72. The Labute approximate surface area is 193 Å². The quantitative estimate of drug-likeness (QED) is 0.619. The van der Waals surface area contributed by atoms with Crippen LogP contribution >= 0.6 is 11.3 Å². The van der Waals surface area contributed by atoms with Gasteiger partial charge in [-0.25, -0.2) is 4.79 Å². The molecule has 1 aromatic carbocycles. The molecule has 5 nitrogen and oxygen atoms in total. The minimum Gasteiger partial charge on any atom is -0.466 e. The van der Waals surface area contributed by atoms with Crippen LogP contribution in [0.3, 0.4) is 0 Å². The van der Waals surface area contributed by atoms with Gasteiger partial charge in [-0.1, -0.05) is 18.2 Å². The number of dihydropyridines is 1. The monoisotopic (exact) mass is 450 g/mol. The van der Waals surface area contributed by atoms with Gasteiger partial charge in [-0.3, -0.25) is 4.79 Å². The zero-order valence-electron chi connectivity index (χ0n) is 19.1. The molecule has 0 radical (unpaired) electrons. The molecule has 1 N–H and O–H groups in total. The number of anilines is 1. The van der Waals surface area contributed by atoms with Crippen molar-refractivity contribution in [3.05, 3.63) is 74.8 Å². The highest BCUT2D eigenvalue weighted by molar-refractivity contribution is 7.10. The number of hydrogen-bond donors (Lipinski definition) is 1. The molecule has 2 heterocycles. The predicted molar refractivity (Wildman–Crippen MR) is 129 cm³/mol. The SMILES string of the molecule is CCN(CC)c1ccc([C@@H]2C(C(=O)OC)=C(C)NC3=C2C(=O)C[C@@H](c2cccs2)C3)cc1. The Morgan fingerprint density at radius 3 is 2.47 bits per heavy atom. The Bertz CT molecular complexity index is 1060.